The Balaban J connectivity index is 1.76. The van der Waals surface area contributed by atoms with E-state index in [0.717, 1.165) is 4.68 Å². The lowest BCUT2D eigenvalue weighted by molar-refractivity contribution is -0.123. The molecule has 0 spiro atoms. The van der Waals surface area contributed by atoms with E-state index in [1.54, 1.807) is 50.2 Å². The molecule has 3 aromatic carbocycles. The lowest BCUT2D eigenvalue weighted by Gasteiger charge is -2.32. The second-order valence-electron chi connectivity index (χ2n) is 8.67. The molecule has 2 N–H and O–H groups in total. The third-order valence-electron chi connectivity index (χ3n) is 6.30. The predicted octanol–water partition coefficient (Wildman–Crippen LogP) is 4.34. The van der Waals surface area contributed by atoms with Crippen molar-refractivity contribution in [1.82, 2.24) is 9.66 Å². The number of nitrogens with zero attached hydrogens (tertiary/aromatic N) is 2. The molecule has 180 valence electrons. The van der Waals surface area contributed by atoms with Crippen molar-refractivity contribution in [2.75, 3.05) is 5.43 Å². The third-order valence-corrected chi connectivity index (χ3v) is 6.30. The van der Waals surface area contributed by atoms with Gasteiger partial charge in [0, 0.05) is 5.92 Å². The van der Waals surface area contributed by atoms with Crippen LogP contribution in [0.3, 0.4) is 0 Å². The van der Waals surface area contributed by atoms with Gasteiger partial charge in [-0.1, -0.05) is 74.5 Å². The monoisotopic (exact) mass is 471 g/mol. The summed E-state index contributed by atoms with van der Waals surface area (Å²) in [4.78, 5) is 31.4. The Labute approximate surface area is 204 Å². The third kappa shape index (κ3) is 4.95. The Morgan fingerprint density at radius 2 is 1.63 bits per heavy atom. The molecule has 35 heavy (non-hydrogen) atoms. The molecule has 4 aromatic rings. The number of benzene rings is 3. The number of hydrogen-bond acceptors (Lipinski definition) is 5. The lowest BCUT2D eigenvalue weighted by Crippen LogP contribution is -2.44. The van der Waals surface area contributed by atoms with Gasteiger partial charge in [0.2, 0.25) is 0 Å². The van der Waals surface area contributed by atoms with Crippen LogP contribution in [0.25, 0.3) is 10.9 Å². The van der Waals surface area contributed by atoms with Crippen molar-refractivity contribution in [2.24, 2.45) is 0 Å². The van der Waals surface area contributed by atoms with Gasteiger partial charge in [0.1, 0.15) is 11.6 Å². The first-order chi connectivity index (χ1) is 16.8. The van der Waals surface area contributed by atoms with Crippen molar-refractivity contribution in [3.63, 3.8) is 0 Å². The number of fused-ring (bicyclic) bond motifs is 1. The number of ether oxygens (including phenoxy) is 1. The maximum Gasteiger partial charge on any atom is 0.280 e. The molecule has 1 heterocycles. The zero-order valence-corrected chi connectivity index (χ0v) is 20.0. The molecule has 1 aromatic heterocycles. The summed E-state index contributed by atoms with van der Waals surface area (Å²) in [7, 11) is 0. The molecular formula is C28H29N3O4. The molecule has 3 unspecified atom stereocenters. The van der Waals surface area contributed by atoms with E-state index < -0.39 is 29.1 Å². The van der Waals surface area contributed by atoms with Crippen LogP contribution in [0.1, 0.15) is 44.5 Å². The van der Waals surface area contributed by atoms with E-state index >= 15 is 0 Å². The maximum atomic E-state index is 13.5. The smallest absolute Gasteiger partial charge is 0.280 e. The number of nitrogens with one attached hydrogen (secondary N) is 1. The van der Waals surface area contributed by atoms with E-state index in [9.17, 15) is 14.7 Å². The van der Waals surface area contributed by atoms with E-state index in [2.05, 4.69) is 5.43 Å². The zero-order valence-electron chi connectivity index (χ0n) is 20.0. The molecule has 7 nitrogen and oxygen atoms in total. The topological polar surface area (TPSA) is 93.4 Å². The van der Waals surface area contributed by atoms with Gasteiger partial charge in [0.25, 0.3) is 11.5 Å². The van der Waals surface area contributed by atoms with Crippen molar-refractivity contribution < 1.29 is 14.6 Å². The Bertz CT molecular complexity index is 1370. The Kier molecular flexibility index (Phi) is 6.98. The van der Waals surface area contributed by atoms with Gasteiger partial charge in [0.15, 0.2) is 6.10 Å². The Hall–Kier alpha value is -3.97. The highest BCUT2D eigenvalue weighted by Crippen LogP contribution is 2.35. The Morgan fingerprint density at radius 1 is 1.03 bits per heavy atom. The molecule has 0 aliphatic heterocycles. The van der Waals surface area contributed by atoms with Gasteiger partial charge in [-0.15, -0.1) is 0 Å². The van der Waals surface area contributed by atoms with Gasteiger partial charge >= 0.3 is 0 Å². The molecule has 1 amide bonds. The first-order valence-electron chi connectivity index (χ1n) is 11.6. The summed E-state index contributed by atoms with van der Waals surface area (Å²) < 4.78 is 7.01. The summed E-state index contributed by atoms with van der Waals surface area (Å²) in [5.41, 5.74) is 2.09. The second kappa shape index (κ2) is 10.1. The summed E-state index contributed by atoms with van der Waals surface area (Å²) in [6, 6.07) is 25.2. The molecule has 0 saturated carbocycles. The average Bonchev–Trinajstić information content (AvgIpc) is 2.89. The summed E-state index contributed by atoms with van der Waals surface area (Å²) in [6.07, 6.45) is -0.433. The second-order valence-corrected chi connectivity index (χ2v) is 8.67. The molecule has 4 rings (SSSR count). The van der Waals surface area contributed by atoms with Crippen molar-refractivity contribution in [2.45, 2.75) is 44.8 Å². The van der Waals surface area contributed by atoms with Gasteiger partial charge in [0.05, 0.1) is 16.5 Å². The van der Waals surface area contributed by atoms with E-state index in [0.29, 0.717) is 28.6 Å². The van der Waals surface area contributed by atoms with Crippen LogP contribution >= 0.6 is 0 Å². The van der Waals surface area contributed by atoms with Crippen molar-refractivity contribution >= 4 is 16.8 Å². The number of amides is 1. The fourth-order valence-corrected chi connectivity index (χ4v) is 3.99. The molecule has 0 fully saturated rings. The number of carbonyl (C=O) groups is 1. The SMILES string of the molecule is CCC(Oc1ccccc1)C(=O)Nn1c(C(C)C(C)(O)c2ccccc2)nc2ccccc2c1=O. The summed E-state index contributed by atoms with van der Waals surface area (Å²) >= 11 is 0. The normalized spacial score (nSPS) is 14.6. The van der Waals surface area contributed by atoms with Crippen molar-refractivity contribution in [1.29, 1.82) is 0 Å². The molecule has 0 saturated heterocycles. The minimum absolute atomic E-state index is 0.241. The number of para-hydroxylation sites is 2. The van der Waals surface area contributed by atoms with Gasteiger partial charge in [-0.2, -0.15) is 0 Å². The average molecular weight is 472 g/mol. The highest BCUT2D eigenvalue weighted by Gasteiger charge is 2.35. The van der Waals surface area contributed by atoms with Crippen LogP contribution in [0, 0.1) is 0 Å². The minimum atomic E-state index is -1.36. The van der Waals surface area contributed by atoms with Crippen LogP contribution in [0.15, 0.2) is 89.7 Å². The maximum absolute atomic E-state index is 13.5. The van der Waals surface area contributed by atoms with Crippen molar-refractivity contribution in [3.8, 4) is 5.75 Å². The van der Waals surface area contributed by atoms with Crippen LogP contribution in [-0.2, 0) is 10.4 Å². The van der Waals surface area contributed by atoms with E-state index in [1.807, 2.05) is 55.5 Å². The van der Waals surface area contributed by atoms with Crippen molar-refractivity contribution in [3.05, 3.63) is 107 Å². The molecule has 3 atom stereocenters. The van der Waals surface area contributed by atoms with Crippen LogP contribution in [0.5, 0.6) is 5.75 Å². The fraction of sp³-hybridized carbons (Fsp3) is 0.250. The summed E-state index contributed by atoms with van der Waals surface area (Å²) in [5.74, 6) is -0.328. The quantitative estimate of drug-likeness (QED) is 0.399. The number of aliphatic hydroxyl groups is 1. The first kappa shape index (κ1) is 24.2. The van der Waals surface area contributed by atoms with Crippen LogP contribution < -0.4 is 15.7 Å². The molecule has 0 radical (unpaired) electrons. The van der Waals surface area contributed by atoms with Gasteiger partial charge in [-0.05, 0) is 43.2 Å². The highest BCUT2D eigenvalue weighted by molar-refractivity contribution is 5.88. The van der Waals surface area contributed by atoms with E-state index in [4.69, 9.17) is 9.72 Å². The van der Waals surface area contributed by atoms with Gasteiger partial charge in [-0.25, -0.2) is 9.66 Å². The lowest BCUT2D eigenvalue weighted by atomic mass is 9.83. The largest absolute Gasteiger partial charge is 0.481 e. The molecular weight excluding hydrogens is 442 g/mol. The Morgan fingerprint density at radius 3 is 2.29 bits per heavy atom. The van der Waals surface area contributed by atoms with E-state index in [-0.39, 0.29) is 5.82 Å². The standard InChI is InChI=1S/C28H29N3O4/c1-4-24(35-21-15-9-6-10-16-21)26(32)30-31-25(29-23-18-12-11-17-22(23)27(31)33)19(2)28(3,34)20-13-7-5-8-14-20/h5-19,24,34H,4H2,1-3H3,(H,30,32). The molecule has 0 aliphatic carbocycles. The minimum Gasteiger partial charge on any atom is -0.481 e. The summed E-state index contributed by atoms with van der Waals surface area (Å²) in [6.45, 7) is 5.29. The van der Waals surface area contributed by atoms with Crippen LogP contribution in [0.4, 0.5) is 0 Å². The number of aromatic nitrogens is 2. The van der Waals surface area contributed by atoms with Gasteiger partial charge < -0.3 is 9.84 Å². The number of rotatable bonds is 8. The molecule has 0 aliphatic rings. The number of carbonyl (C=O) groups excluding carboxylic acids is 1. The highest BCUT2D eigenvalue weighted by atomic mass is 16.5. The van der Waals surface area contributed by atoms with Gasteiger partial charge in [-0.3, -0.25) is 15.0 Å². The summed E-state index contributed by atoms with van der Waals surface area (Å²) in [5, 5.41) is 11.8. The molecule has 7 heteroatoms. The van der Waals surface area contributed by atoms with Crippen LogP contribution in [0.2, 0.25) is 0 Å². The first-order valence-corrected chi connectivity index (χ1v) is 11.6. The van der Waals surface area contributed by atoms with E-state index in [1.165, 1.54) is 0 Å². The van der Waals surface area contributed by atoms with Crippen LogP contribution in [-0.4, -0.2) is 26.8 Å². The predicted molar refractivity (Wildman–Crippen MR) is 136 cm³/mol. The molecule has 0 bridgehead atoms. The zero-order chi connectivity index (χ0) is 25.0. The fourth-order valence-electron chi connectivity index (χ4n) is 3.99. The number of hydrogen-bond donors (Lipinski definition) is 2.